The van der Waals surface area contributed by atoms with Crippen molar-refractivity contribution in [3.8, 4) is 5.75 Å². The molecule has 21 heavy (non-hydrogen) atoms. The van der Waals surface area contributed by atoms with Gasteiger partial charge in [0, 0.05) is 19.7 Å². The highest BCUT2D eigenvalue weighted by molar-refractivity contribution is 5.77. The standard InChI is InChI=1S/C17H25NO3/c1-13-5-6-16(10-14(13)2)21-12-17(20)18-8-3-4-15(11-18)7-9-19/h5-6,10,15,19H,3-4,7-9,11-12H2,1-2H3. The van der Waals surface area contributed by atoms with Crippen LogP contribution in [0.25, 0.3) is 0 Å². The molecule has 0 aromatic heterocycles. The van der Waals surface area contributed by atoms with Gasteiger partial charge in [0.05, 0.1) is 0 Å². The third-order valence-corrected chi connectivity index (χ3v) is 4.25. The molecule has 1 atom stereocenters. The highest BCUT2D eigenvalue weighted by atomic mass is 16.5. The molecule has 0 radical (unpaired) electrons. The molecule has 0 spiro atoms. The Kier molecular flexibility index (Phi) is 5.62. The number of carbonyl (C=O) groups is 1. The van der Waals surface area contributed by atoms with Gasteiger partial charge in [-0.3, -0.25) is 4.79 Å². The highest BCUT2D eigenvalue weighted by Crippen LogP contribution is 2.20. The lowest BCUT2D eigenvalue weighted by atomic mass is 9.95. The summed E-state index contributed by atoms with van der Waals surface area (Å²) in [6.07, 6.45) is 2.89. The van der Waals surface area contributed by atoms with E-state index in [1.807, 2.05) is 30.0 Å². The molecule has 0 bridgehead atoms. The summed E-state index contributed by atoms with van der Waals surface area (Å²) in [6, 6.07) is 5.88. The van der Waals surface area contributed by atoms with Gasteiger partial charge in [0.15, 0.2) is 6.61 Å². The molecule has 1 unspecified atom stereocenters. The number of aliphatic hydroxyl groups excluding tert-OH is 1. The van der Waals surface area contributed by atoms with Crippen molar-refractivity contribution >= 4 is 5.91 Å². The van der Waals surface area contributed by atoms with Crippen molar-refractivity contribution in [2.75, 3.05) is 26.3 Å². The summed E-state index contributed by atoms with van der Waals surface area (Å²) >= 11 is 0. The van der Waals surface area contributed by atoms with Gasteiger partial charge in [-0.05, 0) is 62.3 Å². The van der Waals surface area contributed by atoms with E-state index in [-0.39, 0.29) is 19.1 Å². The number of carbonyl (C=O) groups excluding carboxylic acids is 1. The Labute approximate surface area is 126 Å². The number of aryl methyl sites for hydroxylation is 2. The summed E-state index contributed by atoms with van der Waals surface area (Å²) in [5.41, 5.74) is 2.39. The second kappa shape index (κ2) is 7.46. The number of ether oxygens (including phenoxy) is 1. The predicted molar refractivity (Wildman–Crippen MR) is 82.4 cm³/mol. The maximum Gasteiger partial charge on any atom is 0.260 e. The zero-order chi connectivity index (χ0) is 15.2. The molecular formula is C17H25NO3. The van der Waals surface area contributed by atoms with Crippen LogP contribution in [0.2, 0.25) is 0 Å². The van der Waals surface area contributed by atoms with Crippen molar-refractivity contribution in [3.05, 3.63) is 29.3 Å². The lowest BCUT2D eigenvalue weighted by Gasteiger charge is -2.32. The Morgan fingerprint density at radius 2 is 2.19 bits per heavy atom. The Bertz CT molecular complexity index is 485. The lowest BCUT2D eigenvalue weighted by Crippen LogP contribution is -2.42. The molecule has 1 saturated heterocycles. The minimum Gasteiger partial charge on any atom is -0.484 e. The van der Waals surface area contributed by atoms with Gasteiger partial charge in [-0.15, -0.1) is 0 Å². The second-order valence-electron chi connectivity index (χ2n) is 5.90. The first-order valence-electron chi connectivity index (χ1n) is 7.69. The third-order valence-electron chi connectivity index (χ3n) is 4.25. The SMILES string of the molecule is Cc1ccc(OCC(=O)N2CCCC(CCO)C2)cc1C. The molecule has 116 valence electrons. The highest BCUT2D eigenvalue weighted by Gasteiger charge is 2.23. The first-order valence-corrected chi connectivity index (χ1v) is 7.69. The monoisotopic (exact) mass is 291 g/mol. The van der Waals surface area contributed by atoms with Crippen LogP contribution in [0, 0.1) is 19.8 Å². The summed E-state index contributed by atoms with van der Waals surface area (Å²) in [5.74, 6) is 1.21. The van der Waals surface area contributed by atoms with Crippen molar-refractivity contribution < 1.29 is 14.6 Å². The van der Waals surface area contributed by atoms with Crippen LogP contribution < -0.4 is 4.74 Å². The molecule has 1 N–H and O–H groups in total. The molecule has 0 aliphatic carbocycles. The molecule has 1 aromatic rings. The van der Waals surface area contributed by atoms with Gasteiger partial charge in [-0.1, -0.05) is 6.07 Å². The van der Waals surface area contributed by atoms with Gasteiger partial charge in [0.2, 0.25) is 0 Å². The smallest absolute Gasteiger partial charge is 0.260 e. The number of benzene rings is 1. The van der Waals surface area contributed by atoms with E-state index in [1.165, 1.54) is 11.1 Å². The molecule has 1 aliphatic rings. The topological polar surface area (TPSA) is 49.8 Å². The van der Waals surface area contributed by atoms with E-state index in [0.717, 1.165) is 38.1 Å². The zero-order valence-electron chi connectivity index (χ0n) is 13.0. The quantitative estimate of drug-likeness (QED) is 0.905. The van der Waals surface area contributed by atoms with E-state index in [2.05, 4.69) is 6.92 Å². The van der Waals surface area contributed by atoms with Crippen molar-refractivity contribution in [3.63, 3.8) is 0 Å². The van der Waals surface area contributed by atoms with E-state index in [4.69, 9.17) is 9.84 Å². The van der Waals surface area contributed by atoms with Gasteiger partial charge in [0.25, 0.3) is 5.91 Å². The number of amides is 1. The second-order valence-corrected chi connectivity index (χ2v) is 5.90. The molecule has 4 heteroatoms. The minimum atomic E-state index is 0.0378. The number of likely N-dealkylation sites (tertiary alicyclic amines) is 1. The van der Waals surface area contributed by atoms with Gasteiger partial charge >= 0.3 is 0 Å². The molecule has 1 aliphatic heterocycles. The van der Waals surface area contributed by atoms with Crippen LogP contribution >= 0.6 is 0 Å². The summed E-state index contributed by atoms with van der Waals surface area (Å²) in [6.45, 7) is 5.93. The van der Waals surface area contributed by atoms with E-state index in [1.54, 1.807) is 0 Å². The normalized spacial score (nSPS) is 18.6. The molecule has 1 aromatic carbocycles. The van der Waals surface area contributed by atoms with Crippen molar-refractivity contribution in [2.24, 2.45) is 5.92 Å². The first kappa shape index (κ1) is 15.8. The average Bonchev–Trinajstić information content (AvgIpc) is 2.49. The Morgan fingerprint density at radius 1 is 1.38 bits per heavy atom. The van der Waals surface area contributed by atoms with Crippen LogP contribution in [0.4, 0.5) is 0 Å². The zero-order valence-corrected chi connectivity index (χ0v) is 13.0. The van der Waals surface area contributed by atoms with E-state index >= 15 is 0 Å². The predicted octanol–water partition coefficient (Wildman–Crippen LogP) is 2.30. The fourth-order valence-electron chi connectivity index (χ4n) is 2.75. The lowest BCUT2D eigenvalue weighted by molar-refractivity contribution is -0.135. The molecule has 1 amide bonds. The average molecular weight is 291 g/mol. The Balaban J connectivity index is 1.84. The molecule has 1 fully saturated rings. The van der Waals surface area contributed by atoms with Crippen LogP contribution in [0.1, 0.15) is 30.4 Å². The van der Waals surface area contributed by atoms with Crippen LogP contribution in [0.3, 0.4) is 0 Å². The van der Waals surface area contributed by atoms with E-state index in [0.29, 0.717) is 5.92 Å². The van der Waals surface area contributed by atoms with Gasteiger partial charge < -0.3 is 14.7 Å². The molecule has 1 heterocycles. The maximum atomic E-state index is 12.2. The summed E-state index contributed by atoms with van der Waals surface area (Å²) in [4.78, 5) is 14.1. The third kappa shape index (κ3) is 4.46. The molecule has 2 rings (SSSR count). The fourth-order valence-corrected chi connectivity index (χ4v) is 2.75. The maximum absolute atomic E-state index is 12.2. The van der Waals surface area contributed by atoms with Gasteiger partial charge in [0.1, 0.15) is 5.75 Å². The van der Waals surface area contributed by atoms with Gasteiger partial charge in [-0.2, -0.15) is 0 Å². The van der Waals surface area contributed by atoms with E-state index in [9.17, 15) is 4.79 Å². The molecule has 4 nitrogen and oxygen atoms in total. The Morgan fingerprint density at radius 3 is 2.90 bits per heavy atom. The van der Waals surface area contributed by atoms with E-state index < -0.39 is 0 Å². The summed E-state index contributed by atoms with van der Waals surface area (Å²) in [5, 5.41) is 9.02. The molecular weight excluding hydrogens is 266 g/mol. The number of rotatable bonds is 5. The van der Waals surface area contributed by atoms with Crippen molar-refractivity contribution in [1.29, 1.82) is 0 Å². The minimum absolute atomic E-state index is 0.0378. The van der Waals surface area contributed by atoms with Crippen LogP contribution in [0.5, 0.6) is 5.75 Å². The number of piperidine rings is 1. The largest absolute Gasteiger partial charge is 0.484 e. The summed E-state index contributed by atoms with van der Waals surface area (Å²) in [7, 11) is 0. The molecule has 0 saturated carbocycles. The van der Waals surface area contributed by atoms with Gasteiger partial charge in [-0.25, -0.2) is 0 Å². The number of hydrogen-bond acceptors (Lipinski definition) is 3. The van der Waals surface area contributed by atoms with Crippen LogP contribution in [-0.2, 0) is 4.79 Å². The number of hydrogen-bond donors (Lipinski definition) is 1. The van der Waals surface area contributed by atoms with Crippen molar-refractivity contribution in [2.45, 2.75) is 33.1 Å². The summed E-state index contributed by atoms with van der Waals surface area (Å²) < 4.78 is 5.61. The van der Waals surface area contributed by atoms with Crippen LogP contribution in [0.15, 0.2) is 18.2 Å². The first-order chi connectivity index (χ1) is 10.1. The number of aliphatic hydroxyl groups is 1. The Hall–Kier alpha value is -1.55. The number of nitrogens with zero attached hydrogens (tertiary/aromatic N) is 1. The fraction of sp³-hybridized carbons (Fsp3) is 0.588. The van der Waals surface area contributed by atoms with Crippen LogP contribution in [-0.4, -0.2) is 42.2 Å². The van der Waals surface area contributed by atoms with Crippen molar-refractivity contribution in [1.82, 2.24) is 4.90 Å².